The highest BCUT2D eigenvalue weighted by atomic mass is 35.5. The molecule has 1 aromatic rings. The summed E-state index contributed by atoms with van der Waals surface area (Å²) in [5.41, 5.74) is 0. The van der Waals surface area contributed by atoms with Crippen LogP contribution in [-0.2, 0) is 8.15 Å². The minimum Gasteiger partial charge on any atom is -0.454 e. The van der Waals surface area contributed by atoms with E-state index in [1.165, 1.54) is 0 Å². The third-order valence-electron chi connectivity index (χ3n) is 1.64. The summed E-state index contributed by atoms with van der Waals surface area (Å²) >= 11 is 10.1. The molecule has 0 bridgehead atoms. The second kappa shape index (κ2) is 5.05. The Morgan fingerprint density at radius 1 is 1.13 bits per heavy atom. The summed E-state index contributed by atoms with van der Waals surface area (Å²) in [5, 5.41) is 0. The van der Waals surface area contributed by atoms with Gasteiger partial charge in [-0.15, -0.1) is 0 Å². The van der Waals surface area contributed by atoms with Crippen LogP contribution in [0.4, 0.5) is 0 Å². The molecule has 0 radical (unpaired) electrons. The summed E-state index contributed by atoms with van der Waals surface area (Å²) < 4.78 is 24.1. The molecule has 82 valence electrons. The molecule has 0 amide bonds. The quantitative estimate of drug-likeness (QED) is 0.785. The van der Waals surface area contributed by atoms with Crippen molar-refractivity contribution < 1.29 is 22.1 Å². The standard InChI is InChI=1S/C7H5Cl2O5P/c8-13-15(14-9)12-5-1-2-6-7(3-5)11-4-10-6/h1-3H,4H2. The van der Waals surface area contributed by atoms with E-state index in [1.807, 2.05) is 0 Å². The SMILES string of the molecule is ClOP(OCl)Oc1ccc2c(c1)OCO2. The van der Waals surface area contributed by atoms with Crippen LogP contribution in [0.5, 0.6) is 17.2 Å². The van der Waals surface area contributed by atoms with Crippen LogP contribution < -0.4 is 14.0 Å². The molecule has 8 heteroatoms. The summed E-state index contributed by atoms with van der Waals surface area (Å²) in [5.74, 6) is 1.71. The second-order valence-corrected chi connectivity index (χ2v) is 4.20. The fourth-order valence-electron chi connectivity index (χ4n) is 1.06. The predicted octanol–water partition coefficient (Wildman–Crippen LogP) is 3.36. The van der Waals surface area contributed by atoms with Crippen molar-refractivity contribution in [3.63, 3.8) is 0 Å². The fraction of sp³-hybridized carbons (Fsp3) is 0.143. The average molecular weight is 271 g/mol. The maximum Gasteiger partial charge on any atom is 0.433 e. The lowest BCUT2D eigenvalue weighted by Crippen LogP contribution is -1.92. The van der Waals surface area contributed by atoms with Crippen LogP contribution in [0.15, 0.2) is 18.2 Å². The van der Waals surface area contributed by atoms with E-state index in [9.17, 15) is 0 Å². The summed E-state index contributed by atoms with van der Waals surface area (Å²) in [6.07, 6.45) is 0. The van der Waals surface area contributed by atoms with Crippen LogP contribution in [0.3, 0.4) is 0 Å². The molecular formula is C7H5Cl2O5P. The fourth-order valence-corrected chi connectivity index (χ4v) is 1.85. The van der Waals surface area contributed by atoms with Crippen LogP contribution >= 0.6 is 32.3 Å². The summed E-state index contributed by atoms with van der Waals surface area (Å²) in [4.78, 5) is 0. The van der Waals surface area contributed by atoms with E-state index in [2.05, 4.69) is 8.15 Å². The zero-order valence-electron chi connectivity index (χ0n) is 7.18. The van der Waals surface area contributed by atoms with Crippen molar-refractivity contribution >= 4 is 32.3 Å². The maximum atomic E-state index is 5.16. The van der Waals surface area contributed by atoms with E-state index in [0.29, 0.717) is 17.2 Å². The number of ether oxygens (including phenoxy) is 2. The minimum absolute atomic E-state index is 0.200. The van der Waals surface area contributed by atoms with Crippen molar-refractivity contribution in [3.8, 4) is 17.2 Å². The molecule has 0 spiro atoms. The van der Waals surface area contributed by atoms with Gasteiger partial charge < -0.3 is 14.0 Å². The number of halogens is 2. The molecule has 0 saturated heterocycles. The van der Waals surface area contributed by atoms with E-state index < -0.39 is 8.60 Å². The summed E-state index contributed by atoms with van der Waals surface area (Å²) in [6.45, 7) is 0.200. The Labute approximate surface area is 97.1 Å². The maximum absolute atomic E-state index is 5.16. The molecule has 5 nitrogen and oxygen atoms in total. The van der Waals surface area contributed by atoms with Crippen LogP contribution in [0.2, 0.25) is 0 Å². The van der Waals surface area contributed by atoms with Gasteiger partial charge in [-0.1, -0.05) is 0 Å². The van der Waals surface area contributed by atoms with Crippen molar-refractivity contribution in [2.24, 2.45) is 0 Å². The highest BCUT2D eigenvalue weighted by molar-refractivity contribution is 7.44. The van der Waals surface area contributed by atoms with Gasteiger partial charge in [0.1, 0.15) is 5.75 Å². The van der Waals surface area contributed by atoms with Crippen molar-refractivity contribution in [1.82, 2.24) is 0 Å². The first-order chi connectivity index (χ1) is 7.33. The van der Waals surface area contributed by atoms with Crippen LogP contribution in [-0.4, -0.2) is 6.79 Å². The Balaban J connectivity index is 2.09. The van der Waals surface area contributed by atoms with Crippen LogP contribution in [0, 0.1) is 0 Å². The molecule has 0 aliphatic carbocycles. The number of hydrogen-bond donors (Lipinski definition) is 0. The monoisotopic (exact) mass is 270 g/mol. The van der Waals surface area contributed by atoms with Crippen LogP contribution in [0.1, 0.15) is 0 Å². The largest absolute Gasteiger partial charge is 0.454 e. The highest BCUT2D eigenvalue weighted by Gasteiger charge is 2.18. The molecule has 0 atom stereocenters. The normalized spacial score (nSPS) is 13.3. The van der Waals surface area contributed by atoms with Gasteiger partial charge in [0.05, 0.1) is 23.7 Å². The molecule has 0 saturated carbocycles. The lowest BCUT2D eigenvalue weighted by molar-refractivity contribution is 0.174. The number of fused-ring (bicyclic) bond motifs is 1. The smallest absolute Gasteiger partial charge is 0.433 e. The van der Waals surface area contributed by atoms with Gasteiger partial charge in [0.15, 0.2) is 11.5 Å². The van der Waals surface area contributed by atoms with Gasteiger partial charge in [-0.2, -0.15) is 8.15 Å². The molecular weight excluding hydrogens is 266 g/mol. The van der Waals surface area contributed by atoms with E-state index in [1.54, 1.807) is 18.2 Å². The Morgan fingerprint density at radius 3 is 2.60 bits per heavy atom. The molecule has 0 unspecified atom stereocenters. The lowest BCUT2D eigenvalue weighted by Gasteiger charge is -2.09. The average Bonchev–Trinajstić information content (AvgIpc) is 2.73. The third kappa shape index (κ3) is 2.56. The molecule has 1 aliphatic heterocycles. The van der Waals surface area contributed by atoms with Gasteiger partial charge in [0.25, 0.3) is 0 Å². The summed E-state index contributed by atoms with van der Waals surface area (Å²) in [6, 6.07) is 4.99. The first-order valence-electron chi connectivity index (χ1n) is 3.78. The van der Waals surface area contributed by atoms with E-state index in [4.69, 9.17) is 37.7 Å². The molecule has 0 N–H and O–H groups in total. The zero-order chi connectivity index (χ0) is 10.7. The van der Waals surface area contributed by atoms with Gasteiger partial charge in [-0.3, -0.25) is 0 Å². The molecule has 1 heterocycles. The van der Waals surface area contributed by atoms with Crippen LogP contribution in [0.25, 0.3) is 0 Å². The van der Waals surface area contributed by atoms with E-state index in [-0.39, 0.29) is 6.79 Å². The van der Waals surface area contributed by atoms with Crippen molar-refractivity contribution in [2.45, 2.75) is 0 Å². The van der Waals surface area contributed by atoms with Gasteiger partial charge in [0.2, 0.25) is 6.79 Å². The highest BCUT2D eigenvalue weighted by Crippen LogP contribution is 2.45. The van der Waals surface area contributed by atoms with Gasteiger partial charge in [-0.25, -0.2) is 0 Å². The second-order valence-electron chi connectivity index (χ2n) is 2.47. The molecule has 0 aromatic heterocycles. The molecule has 15 heavy (non-hydrogen) atoms. The zero-order valence-corrected chi connectivity index (χ0v) is 9.59. The first-order valence-corrected chi connectivity index (χ1v) is 5.50. The van der Waals surface area contributed by atoms with Gasteiger partial charge >= 0.3 is 8.60 Å². The van der Waals surface area contributed by atoms with Crippen molar-refractivity contribution in [1.29, 1.82) is 0 Å². The van der Waals surface area contributed by atoms with E-state index in [0.717, 1.165) is 0 Å². The Morgan fingerprint density at radius 2 is 1.87 bits per heavy atom. The topological polar surface area (TPSA) is 46.2 Å². The number of rotatable bonds is 4. The molecule has 1 aliphatic rings. The Kier molecular flexibility index (Phi) is 3.72. The first kappa shape index (κ1) is 11.0. The number of hydrogen-bond acceptors (Lipinski definition) is 5. The van der Waals surface area contributed by atoms with Crippen molar-refractivity contribution in [2.75, 3.05) is 6.79 Å². The molecule has 1 aromatic carbocycles. The molecule has 0 fully saturated rings. The third-order valence-corrected chi connectivity index (χ3v) is 2.90. The Hall–Kier alpha value is -0.450. The van der Waals surface area contributed by atoms with Gasteiger partial charge in [-0.05, 0) is 12.1 Å². The molecule has 2 rings (SSSR count). The minimum atomic E-state index is -1.80. The predicted molar refractivity (Wildman–Crippen MR) is 54.0 cm³/mol. The van der Waals surface area contributed by atoms with Gasteiger partial charge in [0, 0.05) is 6.07 Å². The van der Waals surface area contributed by atoms with E-state index >= 15 is 0 Å². The summed E-state index contributed by atoms with van der Waals surface area (Å²) in [7, 11) is -1.80. The Bertz CT molecular complexity index is 346. The number of benzene rings is 1. The lowest BCUT2D eigenvalue weighted by atomic mass is 10.3. The van der Waals surface area contributed by atoms with Crippen molar-refractivity contribution in [3.05, 3.63) is 18.2 Å².